The van der Waals surface area contributed by atoms with Gasteiger partial charge in [0.05, 0.1) is 36.7 Å². The molecule has 13 nitrogen and oxygen atoms in total. The van der Waals surface area contributed by atoms with Crippen molar-refractivity contribution in [3.05, 3.63) is 124 Å². The third-order valence-electron chi connectivity index (χ3n) is 12.7. The molecule has 6 heterocycles. The van der Waals surface area contributed by atoms with Crippen LogP contribution in [0.3, 0.4) is 0 Å². The molecule has 67 heavy (non-hydrogen) atoms. The van der Waals surface area contributed by atoms with E-state index in [0.29, 0.717) is 76.8 Å². The van der Waals surface area contributed by atoms with Crippen molar-refractivity contribution in [3.8, 4) is 17.2 Å². The zero-order valence-corrected chi connectivity index (χ0v) is 36.6. The Balaban J connectivity index is 0.790. The second kappa shape index (κ2) is 16.4. The topological polar surface area (TPSA) is 141 Å². The molecule has 5 aromatic carbocycles. The number of hydrogen-bond acceptors (Lipinski definition) is 11. The Labute approximate surface area is 381 Å². The number of amides is 1. The van der Waals surface area contributed by atoms with Crippen LogP contribution in [0.25, 0.3) is 32.0 Å². The summed E-state index contributed by atoms with van der Waals surface area (Å²) >= 11 is 1.34. The molecular weight excluding hydrogens is 896 g/mol. The van der Waals surface area contributed by atoms with Crippen LogP contribution in [0.15, 0.2) is 77.0 Å². The maximum Gasteiger partial charge on any atom is 0.360 e. The average Bonchev–Trinajstić information content (AvgIpc) is 4.21. The SMILES string of the molecule is COc1cc(N2CCCC2)c(OC)cc1/N=N/c1nc2ccc(C(=O)N3CCc4c3ccc3[nH]c(CN5CCc6c5ccc5[nH]c(C(=O)Oc7c(F)c(F)c(F)c(F)c7F)cc65)cc43)cc2s1. The number of aromatic nitrogens is 3. The zero-order chi connectivity index (χ0) is 46.2. The van der Waals surface area contributed by atoms with Gasteiger partial charge >= 0.3 is 5.97 Å². The van der Waals surface area contributed by atoms with Gasteiger partial charge in [-0.15, -0.1) is 10.2 Å². The first-order valence-corrected chi connectivity index (χ1v) is 22.2. The lowest BCUT2D eigenvalue weighted by molar-refractivity contribution is 0.0710. The van der Waals surface area contributed by atoms with Crippen LogP contribution < -0.4 is 28.9 Å². The number of carbonyl (C=O) groups is 2. The van der Waals surface area contributed by atoms with Gasteiger partial charge < -0.3 is 38.9 Å². The smallest absolute Gasteiger partial charge is 0.360 e. The molecule has 0 spiro atoms. The third kappa shape index (κ3) is 7.15. The summed E-state index contributed by atoms with van der Waals surface area (Å²) < 4.78 is 86.4. The van der Waals surface area contributed by atoms with Gasteiger partial charge in [0, 0.05) is 82.7 Å². The summed E-state index contributed by atoms with van der Waals surface area (Å²) in [5, 5.41) is 11.0. The fourth-order valence-corrected chi connectivity index (χ4v) is 10.3. The number of esters is 1. The number of aromatic amines is 2. The van der Waals surface area contributed by atoms with Gasteiger partial charge in [0.25, 0.3) is 5.91 Å². The molecule has 3 aromatic heterocycles. The molecule has 0 aliphatic carbocycles. The number of nitrogens with zero attached hydrogens (tertiary/aromatic N) is 6. The first-order valence-electron chi connectivity index (χ1n) is 21.4. The average molecular weight is 933 g/mol. The number of hydrogen-bond donors (Lipinski definition) is 2. The summed E-state index contributed by atoms with van der Waals surface area (Å²) in [5.41, 5.74) is 8.62. The van der Waals surface area contributed by atoms with E-state index in [4.69, 9.17) is 9.47 Å². The quantitative estimate of drug-likeness (QED) is 0.0345. The maximum atomic E-state index is 14.2. The normalized spacial score (nSPS) is 14.6. The van der Waals surface area contributed by atoms with Crippen molar-refractivity contribution in [3.63, 3.8) is 0 Å². The number of azo groups is 1. The summed E-state index contributed by atoms with van der Waals surface area (Å²) in [6, 6.07) is 20.3. The van der Waals surface area contributed by atoms with Gasteiger partial charge in [0.15, 0.2) is 0 Å². The monoisotopic (exact) mass is 932 g/mol. The molecule has 2 N–H and O–H groups in total. The van der Waals surface area contributed by atoms with Gasteiger partial charge in [-0.2, -0.15) is 8.78 Å². The minimum absolute atomic E-state index is 0.124. The van der Waals surface area contributed by atoms with Crippen LogP contribution in [0.1, 0.15) is 50.5 Å². The molecule has 3 aliphatic heterocycles. The highest BCUT2D eigenvalue weighted by atomic mass is 32.1. The number of H-pyrrole nitrogens is 2. The lowest BCUT2D eigenvalue weighted by atomic mass is 10.1. The number of halogens is 5. The first kappa shape index (κ1) is 42.1. The Kier molecular flexibility index (Phi) is 10.3. The molecule has 0 atom stereocenters. The Morgan fingerprint density at radius 2 is 1.40 bits per heavy atom. The van der Waals surface area contributed by atoms with Crippen molar-refractivity contribution >= 4 is 83.1 Å². The van der Waals surface area contributed by atoms with E-state index in [1.54, 1.807) is 26.4 Å². The van der Waals surface area contributed by atoms with E-state index in [2.05, 4.69) is 45.8 Å². The van der Waals surface area contributed by atoms with E-state index < -0.39 is 40.8 Å². The van der Waals surface area contributed by atoms with Crippen LogP contribution in [0.4, 0.5) is 49.8 Å². The van der Waals surface area contributed by atoms with Gasteiger partial charge in [-0.1, -0.05) is 11.3 Å². The fraction of sp³-hybridized carbons (Fsp3) is 0.229. The Morgan fingerprint density at radius 3 is 2.16 bits per heavy atom. The van der Waals surface area contributed by atoms with Crippen molar-refractivity contribution in [2.45, 2.75) is 32.2 Å². The van der Waals surface area contributed by atoms with E-state index in [1.165, 1.54) is 17.4 Å². The molecule has 0 bridgehead atoms. The summed E-state index contributed by atoms with van der Waals surface area (Å²) in [4.78, 5) is 44.3. The van der Waals surface area contributed by atoms with Gasteiger partial charge in [-0.25, -0.2) is 22.9 Å². The largest absolute Gasteiger partial charge is 0.494 e. The number of nitrogens with one attached hydrogen (secondary N) is 2. The predicted octanol–water partition coefficient (Wildman–Crippen LogP) is 11.0. The number of anilines is 3. The Morgan fingerprint density at radius 1 is 0.716 bits per heavy atom. The highest BCUT2D eigenvalue weighted by molar-refractivity contribution is 7.21. The van der Waals surface area contributed by atoms with Gasteiger partial charge in [-0.05, 0) is 91.4 Å². The third-order valence-corrected chi connectivity index (χ3v) is 13.6. The van der Waals surface area contributed by atoms with Crippen molar-refractivity contribution in [1.29, 1.82) is 0 Å². The fourth-order valence-electron chi connectivity index (χ4n) is 9.44. The van der Waals surface area contributed by atoms with E-state index >= 15 is 0 Å². The van der Waals surface area contributed by atoms with Crippen LogP contribution in [-0.4, -0.2) is 67.2 Å². The van der Waals surface area contributed by atoms with Gasteiger partial charge in [0.2, 0.25) is 40.0 Å². The Hall–Kier alpha value is -7.54. The highest BCUT2D eigenvalue weighted by Crippen LogP contribution is 2.43. The molecular formula is C48H37F5N8O5S. The molecule has 340 valence electrons. The van der Waals surface area contributed by atoms with Crippen molar-refractivity contribution in [1.82, 2.24) is 15.0 Å². The summed E-state index contributed by atoms with van der Waals surface area (Å²) in [6.07, 6.45) is 3.53. The molecule has 0 radical (unpaired) electrons. The molecule has 3 aliphatic rings. The molecule has 19 heteroatoms. The van der Waals surface area contributed by atoms with E-state index in [1.807, 2.05) is 47.4 Å². The maximum absolute atomic E-state index is 14.2. The highest BCUT2D eigenvalue weighted by Gasteiger charge is 2.32. The van der Waals surface area contributed by atoms with Gasteiger partial charge in [0.1, 0.15) is 22.9 Å². The Bertz CT molecular complexity index is 3370. The number of rotatable bonds is 10. The predicted molar refractivity (Wildman–Crippen MR) is 243 cm³/mol. The number of ether oxygens (including phenoxy) is 3. The standard InChI is InChI=1S/C48H37F5N8O5S/c1-64-37-21-36(59-13-3-4-14-59)38(65-2)20-32(37)57-58-48-56-31-6-5-23(17-39(31)67-48)46(62)61-16-12-26-27-18-24(54-29(27)8-10-35(26)61)22-60-15-11-25-28-19-33(55-30(28)7-9-34(25)60)47(63)66-45-43(52)41(50)40(49)42(51)44(45)53/h5-10,17-21,54-55H,3-4,11-16,22H2,1-2H3/b58-57+. The minimum Gasteiger partial charge on any atom is -0.494 e. The molecule has 1 amide bonds. The van der Waals surface area contributed by atoms with Crippen molar-refractivity contribution < 1.29 is 45.8 Å². The second-order valence-electron chi connectivity index (χ2n) is 16.5. The van der Waals surface area contributed by atoms with Crippen LogP contribution >= 0.6 is 11.3 Å². The van der Waals surface area contributed by atoms with E-state index in [-0.39, 0.29) is 11.6 Å². The van der Waals surface area contributed by atoms with Crippen LogP contribution in [0.2, 0.25) is 0 Å². The number of methoxy groups -OCH3 is 2. The van der Waals surface area contributed by atoms with Crippen LogP contribution in [0, 0.1) is 29.1 Å². The molecule has 0 saturated carbocycles. The summed E-state index contributed by atoms with van der Waals surface area (Å²) in [5.74, 6) is -13.1. The molecule has 8 aromatic rings. The summed E-state index contributed by atoms with van der Waals surface area (Å²) in [6.45, 7) is 3.58. The summed E-state index contributed by atoms with van der Waals surface area (Å²) in [7, 11) is 3.23. The van der Waals surface area contributed by atoms with Crippen LogP contribution in [0.5, 0.6) is 17.2 Å². The number of fused-ring (bicyclic) bond motifs is 7. The van der Waals surface area contributed by atoms with E-state index in [0.717, 1.165) is 75.4 Å². The number of carbonyl (C=O) groups excluding carboxylic acids is 2. The number of thiazole rings is 1. The molecule has 0 unspecified atom stereocenters. The first-order chi connectivity index (χ1) is 32.5. The van der Waals surface area contributed by atoms with Crippen molar-refractivity contribution in [2.24, 2.45) is 10.2 Å². The van der Waals surface area contributed by atoms with Gasteiger partial charge in [-0.3, -0.25) is 4.79 Å². The minimum atomic E-state index is -2.35. The molecule has 1 fully saturated rings. The zero-order valence-electron chi connectivity index (χ0n) is 35.7. The lowest BCUT2D eigenvalue weighted by Gasteiger charge is -2.21. The lowest BCUT2D eigenvalue weighted by Crippen LogP contribution is -2.28. The number of benzene rings is 5. The van der Waals surface area contributed by atoms with Crippen LogP contribution in [-0.2, 0) is 19.4 Å². The van der Waals surface area contributed by atoms with Crippen molar-refractivity contribution in [2.75, 3.05) is 55.1 Å². The second-order valence-corrected chi connectivity index (χ2v) is 17.5. The van der Waals surface area contributed by atoms with E-state index in [9.17, 15) is 31.5 Å². The molecule has 1 saturated heterocycles. The molecule has 11 rings (SSSR count).